The number of aryl methyl sites for hydroxylation is 1. The van der Waals surface area contributed by atoms with Crippen molar-refractivity contribution in [3.05, 3.63) is 24.5 Å². The minimum atomic E-state index is 0.691. The van der Waals surface area contributed by atoms with E-state index in [-0.39, 0.29) is 0 Å². The summed E-state index contributed by atoms with van der Waals surface area (Å²) in [6.07, 6.45) is 6.32. The Kier molecular flexibility index (Phi) is 1.83. The first-order valence-electron chi connectivity index (χ1n) is 3.60. The highest BCUT2D eigenvalue weighted by atomic mass is 15.4. The molecule has 0 fully saturated rings. The van der Waals surface area contributed by atoms with Gasteiger partial charge in [-0.15, -0.1) is 15.3 Å². The molecule has 0 atom stereocenters. The molecule has 0 bridgehead atoms. The Morgan fingerprint density at radius 2 is 2.15 bits per heavy atom. The van der Waals surface area contributed by atoms with Crippen LogP contribution < -0.4 is 0 Å². The Labute approximate surface area is 73.7 Å². The van der Waals surface area contributed by atoms with Crippen molar-refractivity contribution in [2.75, 3.05) is 0 Å². The second-order valence-electron chi connectivity index (χ2n) is 2.40. The summed E-state index contributed by atoms with van der Waals surface area (Å²) in [5.74, 6) is 0. The molecule has 0 aliphatic heterocycles. The zero-order chi connectivity index (χ0) is 9.10. The lowest BCUT2D eigenvalue weighted by Crippen LogP contribution is -1.87. The average molecular weight is 177 g/mol. The third-order valence-electron chi connectivity index (χ3n) is 1.35. The Hall–Kier alpha value is -2.05. The van der Waals surface area contributed by atoms with E-state index >= 15 is 0 Å². The van der Waals surface area contributed by atoms with E-state index < -0.39 is 0 Å². The zero-order valence-electron chi connectivity index (χ0n) is 6.94. The lowest BCUT2D eigenvalue weighted by molar-refractivity contribution is 0.714. The number of hydrogen-bond donors (Lipinski definition) is 0. The van der Waals surface area contributed by atoms with Crippen molar-refractivity contribution in [1.29, 1.82) is 0 Å². The van der Waals surface area contributed by atoms with Gasteiger partial charge < -0.3 is 0 Å². The molecule has 0 amide bonds. The minimum Gasteiger partial charge on any atom is -0.255 e. The number of hydrogen-bond acceptors (Lipinski definition) is 5. The summed E-state index contributed by atoms with van der Waals surface area (Å²) in [6.45, 7) is 0. The SMILES string of the molecule is Cn1cc(/C=N/n2cnnc2)nn1. The van der Waals surface area contributed by atoms with Crippen LogP contribution in [-0.2, 0) is 7.05 Å². The summed E-state index contributed by atoms with van der Waals surface area (Å²) in [4.78, 5) is 0. The number of rotatable bonds is 2. The predicted octanol–water partition coefficient (Wildman–Crippen LogP) is -0.711. The van der Waals surface area contributed by atoms with Gasteiger partial charge in [0.25, 0.3) is 0 Å². The van der Waals surface area contributed by atoms with Gasteiger partial charge in [-0.05, 0) is 0 Å². The van der Waals surface area contributed by atoms with Crippen LogP contribution in [-0.4, -0.2) is 36.1 Å². The summed E-state index contributed by atoms with van der Waals surface area (Å²) in [6, 6.07) is 0. The van der Waals surface area contributed by atoms with Crippen molar-refractivity contribution < 1.29 is 0 Å². The van der Waals surface area contributed by atoms with Crippen molar-refractivity contribution in [3.8, 4) is 0 Å². The molecule has 0 radical (unpaired) electrons. The molecular weight excluding hydrogens is 170 g/mol. The summed E-state index contributed by atoms with van der Waals surface area (Å²) in [7, 11) is 1.79. The molecule has 2 rings (SSSR count). The largest absolute Gasteiger partial charge is 0.255 e. The maximum absolute atomic E-state index is 4.00. The maximum atomic E-state index is 4.00. The molecule has 7 heteroatoms. The van der Waals surface area contributed by atoms with E-state index in [0.29, 0.717) is 5.69 Å². The predicted molar refractivity (Wildman–Crippen MR) is 44.0 cm³/mol. The summed E-state index contributed by atoms with van der Waals surface area (Å²) in [5, 5.41) is 18.8. The van der Waals surface area contributed by atoms with E-state index in [4.69, 9.17) is 0 Å². The summed E-state index contributed by atoms with van der Waals surface area (Å²) in [5.41, 5.74) is 0.691. The third-order valence-corrected chi connectivity index (χ3v) is 1.35. The standard InChI is InChI=1S/C6H7N7/c1-12-3-6(10-11-12)2-9-13-4-7-8-5-13/h2-5H,1H3/b9-2+. The van der Waals surface area contributed by atoms with Gasteiger partial charge in [0.05, 0.1) is 12.4 Å². The molecule has 0 saturated heterocycles. The van der Waals surface area contributed by atoms with Crippen LogP contribution in [0.3, 0.4) is 0 Å². The molecule has 0 aromatic carbocycles. The maximum Gasteiger partial charge on any atom is 0.141 e. The van der Waals surface area contributed by atoms with Crippen LogP contribution in [0.25, 0.3) is 0 Å². The van der Waals surface area contributed by atoms with Gasteiger partial charge >= 0.3 is 0 Å². The van der Waals surface area contributed by atoms with Crippen molar-refractivity contribution in [1.82, 2.24) is 29.9 Å². The van der Waals surface area contributed by atoms with Gasteiger partial charge in [-0.2, -0.15) is 5.10 Å². The van der Waals surface area contributed by atoms with Crippen LogP contribution in [0.2, 0.25) is 0 Å². The Morgan fingerprint density at radius 1 is 1.38 bits per heavy atom. The quantitative estimate of drug-likeness (QED) is 0.568. The monoisotopic (exact) mass is 177 g/mol. The number of aromatic nitrogens is 6. The average Bonchev–Trinajstić information content (AvgIpc) is 2.71. The molecule has 2 aromatic heterocycles. The molecule has 0 N–H and O–H groups in total. The highest BCUT2D eigenvalue weighted by Crippen LogP contribution is 1.87. The molecule has 66 valence electrons. The van der Waals surface area contributed by atoms with Crippen LogP contribution in [0, 0.1) is 0 Å². The van der Waals surface area contributed by atoms with Crippen LogP contribution in [0.4, 0.5) is 0 Å². The first-order chi connectivity index (χ1) is 6.34. The van der Waals surface area contributed by atoms with Gasteiger partial charge in [0.2, 0.25) is 0 Å². The van der Waals surface area contributed by atoms with Gasteiger partial charge in [-0.25, -0.2) is 4.68 Å². The second kappa shape index (κ2) is 3.13. The fourth-order valence-corrected chi connectivity index (χ4v) is 0.805. The van der Waals surface area contributed by atoms with Crippen LogP contribution >= 0.6 is 0 Å². The highest BCUT2D eigenvalue weighted by Gasteiger charge is 1.92. The summed E-state index contributed by atoms with van der Waals surface area (Å²) < 4.78 is 3.09. The van der Waals surface area contributed by atoms with E-state index in [9.17, 15) is 0 Å². The van der Waals surface area contributed by atoms with Crippen LogP contribution in [0.1, 0.15) is 5.69 Å². The molecule has 0 spiro atoms. The van der Waals surface area contributed by atoms with Crippen molar-refractivity contribution >= 4 is 6.21 Å². The second-order valence-corrected chi connectivity index (χ2v) is 2.40. The Balaban J connectivity index is 2.14. The van der Waals surface area contributed by atoms with Gasteiger partial charge in [0.1, 0.15) is 18.3 Å². The van der Waals surface area contributed by atoms with Crippen LogP contribution in [0.5, 0.6) is 0 Å². The summed E-state index contributed by atoms with van der Waals surface area (Å²) >= 11 is 0. The van der Waals surface area contributed by atoms with Gasteiger partial charge in [0, 0.05) is 7.05 Å². The molecule has 0 aliphatic carbocycles. The van der Waals surface area contributed by atoms with Gasteiger partial charge in [0.15, 0.2) is 0 Å². The molecule has 2 aromatic rings. The highest BCUT2D eigenvalue weighted by molar-refractivity contribution is 5.75. The smallest absolute Gasteiger partial charge is 0.141 e. The Morgan fingerprint density at radius 3 is 2.77 bits per heavy atom. The fraction of sp³-hybridized carbons (Fsp3) is 0.167. The molecular formula is C6H7N7. The minimum absolute atomic E-state index is 0.691. The van der Waals surface area contributed by atoms with Crippen molar-refractivity contribution in [2.24, 2.45) is 12.1 Å². The van der Waals surface area contributed by atoms with E-state index in [2.05, 4.69) is 25.6 Å². The normalized spacial score (nSPS) is 11.2. The molecule has 0 saturated carbocycles. The lowest BCUT2D eigenvalue weighted by Gasteiger charge is -1.84. The van der Waals surface area contributed by atoms with E-state index in [1.165, 1.54) is 17.3 Å². The topological polar surface area (TPSA) is 73.8 Å². The van der Waals surface area contributed by atoms with Crippen molar-refractivity contribution in [3.63, 3.8) is 0 Å². The van der Waals surface area contributed by atoms with Gasteiger partial charge in [-0.1, -0.05) is 5.21 Å². The van der Waals surface area contributed by atoms with Crippen LogP contribution in [0.15, 0.2) is 24.0 Å². The van der Waals surface area contributed by atoms with Gasteiger partial charge in [-0.3, -0.25) is 4.68 Å². The lowest BCUT2D eigenvalue weighted by atomic mass is 10.5. The van der Waals surface area contributed by atoms with E-state index in [1.807, 2.05) is 0 Å². The van der Waals surface area contributed by atoms with Crippen molar-refractivity contribution in [2.45, 2.75) is 0 Å². The molecule has 2 heterocycles. The first kappa shape index (κ1) is 7.59. The number of nitrogens with zero attached hydrogens (tertiary/aromatic N) is 7. The van der Waals surface area contributed by atoms with E-state index in [0.717, 1.165) is 0 Å². The first-order valence-corrected chi connectivity index (χ1v) is 3.60. The fourth-order valence-electron chi connectivity index (χ4n) is 0.805. The third kappa shape index (κ3) is 1.75. The molecule has 0 aliphatic rings. The molecule has 13 heavy (non-hydrogen) atoms. The Bertz CT molecular complexity index is 398. The molecule has 0 unspecified atom stereocenters. The zero-order valence-corrected chi connectivity index (χ0v) is 6.94. The molecule has 7 nitrogen and oxygen atoms in total. The van der Waals surface area contributed by atoms with E-state index in [1.54, 1.807) is 24.1 Å².